The minimum atomic E-state index is 0.0603. The van der Waals surface area contributed by atoms with Gasteiger partial charge in [0.05, 0.1) is 0 Å². The molecule has 110 valence electrons. The first-order valence-electron chi connectivity index (χ1n) is 7.19. The van der Waals surface area contributed by atoms with Crippen molar-refractivity contribution in [3.63, 3.8) is 0 Å². The van der Waals surface area contributed by atoms with Crippen LogP contribution in [0.5, 0.6) is 0 Å². The highest BCUT2D eigenvalue weighted by atomic mass is 16.5. The molecular weight excluding hydrogens is 276 g/mol. The summed E-state index contributed by atoms with van der Waals surface area (Å²) in [6, 6.07) is 15.4. The minimum absolute atomic E-state index is 0.0603. The number of nitrogens with zero attached hydrogens (tertiary/aromatic N) is 2. The highest BCUT2D eigenvalue weighted by Gasteiger charge is 2.10. The molecule has 0 saturated heterocycles. The van der Waals surface area contributed by atoms with E-state index in [9.17, 15) is 4.79 Å². The van der Waals surface area contributed by atoms with Crippen molar-refractivity contribution in [3.8, 4) is 11.3 Å². The topological polar surface area (TPSA) is 56.0 Å². The summed E-state index contributed by atoms with van der Waals surface area (Å²) in [5.41, 5.74) is 3.33. The van der Waals surface area contributed by atoms with Crippen LogP contribution in [0, 0.1) is 6.92 Å². The smallest absolute Gasteiger partial charge is 0.164 e. The van der Waals surface area contributed by atoms with Crippen LogP contribution in [0.15, 0.2) is 59.3 Å². The number of benzene rings is 1. The Morgan fingerprint density at radius 2 is 1.95 bits per heavy atom. The molecule has 0 unspecified atom stereocenters. The van der Waals surface area contributed by atoms with Gasteiger partial charge in [0.1, 0.15) is 11.5 Å². The summed E-state index contributed by atoms with van der Waals surface area (Å²) in [5, 5.41) is 4.05. The highest BCUT2D eigenvalue weighted by Crippen LogP contribution is 2.19. The first kappa shape index (κ1) is 14.2. The Balaban J connectivity index is 1.64. The number of aromatic nitrogens is 2. The summed E-state index contributed by atoms with van der Waals surface area (Å²) in [4.78, 5) is 16.2. The van der Waals surface area contributed by atoms with E-state index < -0.39 is 0 Å². The van der Waals surface area contributed by atoms with Gasteiger partial charge < -0.3 is 4.52 Å². The van der Waals surface area contributed by atoms with Crippen molar-refractivity contribution >= 4 is 5.78 Å². The highest BCUT2D eigenvalue weighted by molar-refractivity contribution is 5.95. The van der Waals surface area contributed by atoms with E-state index in [1.165, 1.54) is 0 Å². The summed E-state index contributed by atoms with van der Waals surface area (Å²) >= 11 is 0. The molecule has 0 aliphatic rings. The van der Waals surface area contributed by atoms with Crippen molar-refractivity contribution in [1.29, 1.82) is 0 Å². The summed E-state index contributed by atoms with van der Waals surface area (Å²) in [6.07, 6.45) is 2.54. The number of hydrogen-bond acceptors (Lipinski definition) is 4. The van der Waals surface area contributed by atoms with E-state index in [0.29, 0.717) is 24.2 Å². The fourth-order valence-electron chi connectivity index (χ4n) is 2.19. The molecule has 0 radical (unpaired) electrons. The monoisotopic (exact) mass is 292 g/mol. The molecule has 3 rings (SSSR count). The van der Waals surface area contributed by atoms with Gasteiger partial charge in [-0.2, -0.15) is 0 Å². The molecule has 2 aromatic heterocycles. The number of rotatable bonds is 5. The van der Waals surface area contributed by atoms with Gasteiger partial charge in [0.25, 0.3) is 0 Å². The van der Waals surface area contributed by atoms with Crippen LogP contribution in [-0.2, 0) is 6.42 Å². The van der Waals surface area contributed by atoms with Gasteiger partial charge in [0.2, 0.25) is 0 Å². The van der Waals surface area contributed by atoms with Crippen molar-refractivity contribution in [2.45, 2.75) is 19.8 Å². The first-order valence-corrected chi connectivity index (χ1v) is 7.19. The average Bonchev–Trinajstić information content (AvgIpc) is 3.03. The second-order valence-corrected chi connectivity index (χ2v) is 5.16. The fraction of sp³-hybridized carbons (Fsp3) is 0.167. The molecule has 1 aromatic carbocycles. The Morgan fingerprint density at radius 1 is 1.14 bits per heavy atom. The first-order chi connectivity index (χ1) is 10.7. The maximum atomic E-state index is 12.1. The Morgan fingerprint density at radius 3 is 2.68 bits per heavy atom. The van der Waals surface area contributed by atoms with E-state index in [4.69, 9.17) is 4.52 Å². The second kappa shape index (κ2) is 6.35. The van der Waals surface area contributed by atoms with Crippen molar-refractivity contribution < 1.29 is 9.32 Å². The summed E-state index contributed by atoms with van der Waals surface area (Å²) < 4.78 is 5.31. The van der Waals surface area contributed by atoms with E-state index in [1.54, 1.807) is 12.3 Å². The predicted octanol–water partition coefficient (Wildman–Crippen LogP) is 3.86. The van der Waals surface area contributed by atoms with Gasteiger partial charge in [0, 0.05) is 41.9 Å². The normalized spacial score (nSPS) is 10.6. The van der Waals surface area contributed by atoms with E-state index in [2.05, 4.69) is 10.1 Å². The van der Waals surface area contributed by atoms with Gasteiger partial charge in [0.15, 0.2) is 5.78 Å². The number of carbonyl (C=O) groups excluding carboxylic acids is 1. The number of pyridine rings is 1. The van der Waals surface area contributed by atoms with Crippen molar-refractivity contribution in [2.75, 3.05) is 0 Å². The van der Waals surface area contributed by atoms with E-state index >= 15 is 0 Å². The number of carbonyl (C=O) groups is 1. The van der Waals surface area contributed by atoms with Gasteiger partial charge in [-0.05, 0) is 19.1 Å². The van der Waals surface area contributed by atoms with Gasteiger partial charge in [-0.3, -0.25) is 9.78 Å². The molecule has 4 nitrogen and oxygen atoms in total. The van der Waals surface area contributed by atoms with E-state index in [1.807, 2.05) is 49.4 Å². The molecule has 2 heterocycles. The molecule has 0 fully saturated rings. The van der Waals surface area contributed by atoms with Crippen LogP contribution < -0.4 is 0 Å². The average molecular weight is 292 g/mol. The number of ketones is 1. The maximum Gasteiger partial charge on any atom is 0.164 e. The quantitative estimate of drug-likeness (QED) is 0.670. The summed E-state index contributed by atoms with van der Waals surface area (Å²) in [7, 11) is 0. The van der Waals surface area contributed by atoms with Gasteiger partial charge in [-0.1, -0.05) is 35.5 Å². The van der Waals surface area contributed by atoms with Crippen LogP contribution in [0.3, 0.4) is 0 Å². The summed E-state index contributed by atoms with van der Waals surface area (Å²) in [5.74, 6) is 0.775. The molecule has 3 aromatic rings. The van der Waals surface area contributed by atoms with Crippen LogP contribution >= 0.6 is 0 Å². The lowest BCUT2D eigenvalue weighted by atomic mass is 10.1. The maximum absolute atomic E-state index is 12.1. The lowest BCUT2D eigenvalue weighted by Crippen LogP contribution is -2.01. The van der Waals surface area contributed by atoms with Crippen LogP contribution in [0.25, 0.3) is 11.3 Å². The summed E-state index contributed by atoms with van der Waals surface area (Å²) in [6.45, 7) is 1.90. The molecule has 0 amide bonds. The third-order valence-electron chi connectivity index (χ3n) is 3.46. The van der Waals surface area contributed by atoms with Crippen LogP contribution in [0.2, 0.25) is 0 Å². The number of aryl methyl sites for hydroxylation is 2. The lowest BCUT2D eigenvalue weighted by Gasteiger charge is -1.99. The zero-order chi connectivity index (χ0) is 15.4. The molecule has 0 bridgehead atoms. The number of hydrogen-bond donors (Lipinski definition) is 0. The van der Waals surface area contributed by atoms with Gasteiger partial charge >= 0.3 is 0 Å². The molecule has 0 saturated carbocycles. The van der Waals surface area contributed by atoms with Crippen LogP contribution in [-0.4, -0.2) is 15.9 Å². The molecule has 22 heavy (non-hydrogen) atoms. The van der Waals surface area contributed by atoms with Crippen molar-refractivity contribution in [3.05, 3.63) is 71.7 Å². The molecule has 0 aliphatic heterocycles. The van der Waals surface area contributed by atoms with Crippen molar-refractivity contribution in [2.24, 2.45) is 0 Å². The molecule has 0 N–H and O–H groups in total. The Labute approximate surface area is 128 Å². The van der Waals surface area contributed by atoms with Gasteiger partial charge in [-0.15, -0.1) is 0 Å². The largest absolute Gasteiger partial charge is 0.361 e. The Hall–Kier alpha value is -2.75. The van der Waals surface area contributed by atoms with Crippen molar-refractivity contribution in [1.82, 2.24) is 10.1 Å². The van der Waals surface area contributed by atoms with Gasteiger partial charge in [-0.25, -0.2) is 0 Å². The molecule has 0 spiro atoms. The zero-order valence-corrected chi connectivity index (χ0v) is 12.3. The van der Waals surface area contributed by atoms with E-state index in [-0.39, 0.29) is 5.78 Å². The van der Waals surface area contributed by atoms with Crippen LogP contribution in [0.1, 0.15) is 28.2 Å². The third kappa shape index (κ3) is 3.28. The minimum Gasteiger partial charge on any atom is -0.361 e. The molecule has 0 aliphatic carbocycles. The Bertz CT molecular complexity index is 761. The lowest BCUT2D eigenvalue weighted by molar-refractivity contribution is 0.0980. The molecule has 4 heteroatoms. The van der Waals surface area contributed by atoms with Crippen LogP contribution in [0.4, 0.5) is 0 Å². The number of Topliss-reactive ketones (excluding diaryl/α,β-unsaturated/α-hetero) is 1. The Kier molecular flexibility index (Phi) is 4.10. The predicted molar refractivity (Wildman–Crippen MR) is 83.6 cm³/mol. The second-order valence-electron chi connectivity index (χ2n) is 5.16. The zero-order valence-electron chi connectivity index (χ0n) is 12.3. The van der Waals surface area contributed by atoms with E-state index in [0.717, 1.165) is 17.0 Å². The SMILES string of the molecule is Cc1ccc(C(=O)CCc2cc(-c3ccccc3)no2)cn1. The standard InChI is InChI=1S/C18H16N2O2/c1-13-7-8-15(12-19-13)18(21)10-9-16-11-17(20-22-16)14-5-3-2-4-6-14/h2-8,11-12H,9-10H2,1H3. The third-order valence-corrected chi connectivity index (χ3v) is 3.46. The fourth-order valence-corrected chi connectivity index (χ4v) is 2.19. The molecule has 0 atom stereocenters. The molecular formula is C18H16N2O2.